The van der Waals surface area contributed by atoms with E-state index in [9.17, 15) is 9.59 Å². The van der Waals surface area contributed by atoms with E-state index in [0.29, 0.717) is 17.6 Å². The lowest BCUT2D eigenvalue weighted by Gasteiger charge is -2.21. The zero-order valence-electron chi connectivity index (χ0n) is 14.5. The van der Waals surface area contributed by atoms with E-state index in [1.807, 2.05) is 30.3 Å². The van der Waals surface area contributed by atoms with E-state index in [1.54, 1.807) is 22.6 Å². The number of aromatic nitrogens is 1. The van der Waals surface area contributed by atoms with Gasteiger partial charge in [-0.2, -0.15) is 0 Å². The minimum atomic E-state index is -0.236. The maximum atomic E-state index is 12.5. The Labute approximate surface area is 152 Å². The summed E-state index contributed by atoms with van der Waals surface area (Å²) in [6.45, 7) is 4.75. The maximum Gasteiger partial charge on any atom is 0.247 e. The molecule has 0 atom stereocenters. The van der Waals surface area contributed by atoms with Crippen molar-refractivity contribution < 1.29 is 9.59 Å². The first-order chi connectivity index (χ1) is 12.0. The summed E-state index contributed by atoms with van der Waals surface area (Å²) < 4.78 is 0. The van der Waals surface area contributed by atoms with Crippen LogP contribution in [0.2, 0.25) is 0 Å². The zero-order chi connectivity index (χ0) is 18.1. The van der Waals surface area contributed by atoms with E-state index in [2.05, 4.69) is 24.1 Å². The predicted octanol–water partition coefficient (Wildman–Crippen LogP) is 3.67. The average molecular weight is 357 g/mol. The van der Waals surface area contributed by atoms with Crippen LogP contribution in [0.25, 0.3) is 6.08 Å². The lowest BCUT2D eigenvalue weighted by molar-refractivity contribution is -0.130. The highest BCUT2D eigenvalue weighted by atomic mass is 32.1. The van der Waals surface area contributed by atoms with Crippen LogP contribution < -0.4 is 5.32 Å². The molecule has 0 aliphatic carbocycles. The summed E-state index contributed by atoms with van der Waals surface area (Å²) in [5, 5.41) is 5.05. The SMILES string of the molecule is CC(C)CCN(CC(=O)Nc1nccs1)C(=O)C=Cc1ccccc1. The van der Waals surface area contributed by atoms with Crippen LogP contribution in [0.3, 0.4) is 0 Å². The van der Waals surface area contributed by atoms with E-state index in [0.717, 1.165) is 12.0 Å². The quantitative estimate of drug-likeness (QED) is 0.733. The molecule has 0 aliphatic rings. The van der Waals surface area contributed by atoms with E-state index in [-0.39, 0.29) is 18.4 Å². The summed E-state index contributed by atoms with van der Waals surface area (Å²) >= 11 is 1.35. The number of anilines is 1. The molecule has 0 bridgehead atoms. The van der Waals surface area contributed by atoms with Crippen molar-refractivity contribution in [3.63, 3.8) is 0 Å². The molecule has 1 N–H and O–H groups in total. The molecule has 1 aromatic heterocycles. The summed E-state index contributed by atoms with van der Waals surface area (Å²) in [7, 11) is 0. The Morgan fingerprint density at radius 2 is 2.04 bits per heavy atom. The van der Waals surface area contributed by atoms with Gasteiger partial charge >= 0.3 is 0 Å². The first kappa shape index (κ1) is 18.9. The van der Waals surface area contributed by atoms with Crippen molar-refractivity contribution in [1.29, 1.82) is 0 Å². The van der Waals surface area contributed by atoms with E-state index in [4.69, 9.17) is 0 Å². The predicted molar refractivity (Wildman–Crippen MR) is 102 cm³/mol. The number of carbonyl (C=O) groups is 2. The third-order valence-electron chi connectivity index (χ3n) is 3.52. The molecule has 1 heterocycles. The van der Waals surface area contributed by atoms with Crippen LogP contribution in [0, 0.1) is 5.92 Å². The topological polar surface area (TPSA) is 62.3 Å². The highest BCUT2D eigenvalue weighted by Crippen LogP contribution is 2.11. The largest absolute Gasteiger partial charge is 0.330 e. The number of carbonyl (C=O) groups excluding carboxylic acids is 2. The number of rotatable bonds is 8. The van der Waals surface area contributed by atoms with Gasteiger partial charge in [0.15, 0.2) is 5.13 Å². The molecule has 0 saturated carbocycles. The van der Waals surface area contributed by atoms with Crippen molar-refractivity contribution in [2.75, 3.05) is 18.4 Å². The molecule has 0 unspecified atom stereocenters. The van der Waals surface area contributed by atoms with Gasteiger partial charge in [0.25, 0.3) is 0 Å². The van der Waals surface area contributed by atoms with E-state index >= 15 is 0 Å². The molecule has 132 valence electrons. The van der Waals surface area contributed by atoms with Crippen molar-refractivity contribution in [2.24, 2.45) is 5.92 Å². The molecular weight excluding hydrogens is 334 g/mol. The fourth-order valence-corrected chi connectivity index (χ4v) is 2.68. The molecule has 2 rings (SSSR count). The van der Waals surface area contributed by atoms with Crippen molar-refractivity contribution >= 4 is 34.4 Å². The number of thiazole rings is 1. The van der Waals surface area contributed by atoms with Crippen LogP contribution >= 0.6 is 11.3 Å². The van der Waals surface area contributed by atoms with Gasteiger partial charge in [-0.05, 0) is 24.0 Å². The van der Waals surface area contributed by atoms with Gasteiger partial charge in [-0.25, -0.2) is 4.98 Å². The minimum Gasteiger partial charge on any atom is -0.330 e. The Balaban J connectivity index is 1.99. The van der Waals surface area contributed by atoms with Gasteiger partial charge in [-0.1, -0.05) is 44.2 Å². The number of hydrogen-bond donors (Lipinski definition) is 1. The van der Waals surface area contributed by atoms with Gasteiger partial charge < -0.3 is 10.2 Å². The Morgan fingerprint density at radius 1 is 1.28 bits per heavy atom. The van der Waals surface area contributed by atoms with Crippen LogP contribution in [0.4, 0.5) is 5.13 Å². The normalized spacial score (nSPS) is 11.0. The van der Waals surface area contributed by atoms with Gasteiger partial charge in [0.05, 0.1) is 0 Å². The Kier molecular flexibility index (Phi) is 7.35. The molecule has 0 saturated heterocycles. The summed E-state index contributed by atoms with van der Waals surface area (Å²) in [6.07, 6.45) is 5.76. The first-order valence-corrected chi connectivity index (χ1v) is 9.14. The van der Waals surface area contributed by atoms with Gasteiger partial charge in [0.2, 0.25) is 11.8 Å². The fraction of sp³-hybridized carbons (Fsp3) is 0.316. The summed E-state index contributed by atoms with van der Waals surface area (Å²) in [4.78, 5) is 30.3. The molecule has 1 aromatic carbocycles. The van der Waals surface area contributed by atoms with Crippen molar-refractivity contribution in [3.8, 4) is 0 Å². The van der Waals surface area contributed by atoms with Crippen LogP contribution in [0.15, 0.2) is 48.0 Å². The molecule has 2 aromatic rings. The monoisotopic (exact) mass is 357 g/mol. The van der Waals surface area contributed by atoms with Crippen molar-refractivity contribution in [1.82, 2.24) is 9.88 Å². The molecule has 0 fully saturated rings. The Hall–Kier alpha value is -2.47. The third-order valence-corrected chi connectivity index (χ3v) is 4.21. The van der Waals surface area contributed by atoms with Crippen molar-refractivity contribution in [3.05, 3.63) is 53.5 Å². The van der Waals surface area contributed by atoms with E-state index < -0.39 is 0 Å². The second kappa shape index (κ2) is 9.74. The van der Waals surface area contributed by atoms with Crippen LogP contribution in [0.1, 0.15) is 25.8 Å². The summed E-state index contributed by atoms with van der Waals surface area (Å²) in [5.41, 5.74) is 0.951. The lowest BCUT2D eigenvalue weighted by atomic mass is 10.1. The second-order valence-corrected chi connectivity index (χ2v) is 6.97. The molecule has 6 heteroatoms. The van der Waals surface area contributed by atoms with Gasteiger partial charge in [-0.15, -0.1) is 11.3 Å². The number of hydrogen-bond acceptors (Lipinski definition) is 4. The van der Waals surface area contributed by atoms with Crippen LogP contribution in [-0.2, 0) is 9.59 Å². The second-order valence-electron chi connectivity index (χ2n) is 6.07. The third kappa shape index (κ3) is 6.89. The molecule has 5 nitrogen and oxygen atoms in total. The molecule has 2 amide bonds. The van der Waals surface area contributed by atoms with Crippen LogP contribution in [-0.4, -0.2) is 34.8 Å². The number of amides is 2. The molecule has 25 heavy (non-hydrogen) atoms. The number of nitrogens with zero attached hydrogens (tertiary/aromatic N) is 2. The molecule has 0 radical (unpaired) electrons. The first-order valence-electron chi connectivity index (χ1n) is 8.26. The lowest BCUT2D eigenvalue weighted by Crippen LogP contribution is -2.38. The molecule has 0 aliphatic heterocycles. The van der Waals surface area contributed by atoms with Crippen LogP contribution in [0.5, 0.6) is 0 Å². The standard InChI is InChI=1S/C19H23N3O2S/c1-15(2)10-12-22(14-17(23)21-19-20-11-13-25-19)18(24)9-8-16-6-4-3-5-7-16/h3-9,11,13,15H,10,12,14H2,1-2H3,(H,20,21,23). The average Bonchev–Trinajstić information content (AvgIpc) is 3.10. The van der Waals surface area contributed by atoms with Gasteiger partial charge in [0.1, 0.15) is 6.54 Å². The Bertz CT molecular complexity index is 697. The van der Waals surface area contributed by atoms with E-state index in [1.165, 1.54) is 17.4 Å². The summed E-state index contributed by atoms with van der Waals surface area (Å²) in [6, 6.07) is 9.62. The fourth-order valence-electron chi connectivity index (χ4n) is 2.14. The van der Waals surface area contributed by atoms with Crippen molar-refractivity contribution in [2.45, 2.75) is 20.3 Å². The maximum absolute atomic E-state index is 12.5. The smallest absolute Gasteiger partial charge is 0.247 e. The molecule has 0 spiro atoms. The van der Waals surface area contributed by atoms with Gasteiger partial charge in [0, 0.05) is 24.2 Å². The highest BCUT2D eigenvalue weighted by molar-refractivity contribution is 7.13. The minimum absolute atomic E-state index is 0.0181. The highest BCUT2D eigenvalue weighted by Gasteiger charge is 2.16. The zero-order valence-corrected chi connectivity index (χ0v) is 15.3. The summed E-state index contributed by atoms with van der Waals surface area (Å²) in [5.74, 6) is 0.0504. The number of nitrogens with one attached hydrogen (secondary N) is 1. The molecular formula is C19H23N3O2S. The number of benzene rings is 1. The Morgan fingerprint density at radius 3 is 2.68 bits per heavy atom. The van der Waals surface area contributed by atoms with Gasteiger partial charge in [-0.3, -0.25) is 9.59 Å².